The van der Waals surface area contributed by atoms with E-state index in [0.717, 1.165) is 4.90 Å². The maximum atomic E-state index is 12.3. The lowest BCUT2D eigenvalue weighted by molar-refractivity contribution is -0.115. The molecule has 0 spiro atoms. The summed E-state index contributed by atoms with van der Waals surface area (Å²) in [5, 5.41) is 2.73. The first-order chi connectivity index (χ1) is 10.5. The Morgan fingerprint density at radius 3 is 2.95 bits per heavy atom. The van der Waals surface area contributed by atoms with Crippen LogP contribution in [0.15, 0.2) is 50.8 Å². The Hall–Kier alpha value is -1.77. The largest absolute Gasteiger partial charge is 0.468 e. The molecule has 0 bridgehead atoms. The number of amides is 1. The van der Waals surface area contributed by atoms with Crippen LogP contribution < -0.4 is 10.0 Å². The van der Waals surface area contributed by atoms with E-state index in [1.807, 2.05) is 0 Å². The van der Waals surface area contributed by atoms with E-state index in [2.05, 4.69) is 10.0 Å². The van der Waals surface area contributed by atoms with Gasteiger partial charge in [-0.2, -0.15) is 0 Å². The molecule has 0 saturated heterocycles. The van der Waals surface area contributed by atoms with Gasteiger partial charge in [0.15, 0.2) is 0 Å². The molecule has 0 radical (unpaired) electrons. The third-order valence-corrected chi connectivity index (χ3v) is 5.61. The summed E-state index contributed by atoms with van der Waals surface area (Å²) in [5.74, 6) is 1.10. The molecule has 1 aliphatic heterocycles. The standard InChI is InChI=1S/C14H14N2O4S2/c17-14-5-7-21-13-4-3-11(8-12(13)16-14)22(18,19)15-9-10-2-1-6-20-10/h1-4,6,8,15H,5,7,9H2,(H,16,17). The molecule has 116 valence electrons. The maximum absolute atomic E-state index is 12.3. The molecule has 0 atom stereocenters. The van der Waals surface area contributed by atoms with Crippen molar-refractivity contribution in [1.29, 1.82) is 0 Å². The van der Waals surface area contributed by atoms with Gasteiger partial charge in [-0.05, 0) is 30.3 Å². The van der Waals surface area contributed by atoms with Gasteiger partial charge in [0, 0.05) is 17.1 Å². The van der Waals surface area contributed by atoms with E-state index in [-0.39, 0.29) is 17.3 Å². The Morgan fingerprint density at radius 1 is 1.32 bits per heavy atom. The van der Waals surface area contributed by atoms with Crippen LogP contribution in [0.3, 0.4) is 0 Å². The molecular weight excluding hydrogens is 324 g/mol. The van der Waals surface area contributed by atoms with E-state index in [9.17, 15) is 13.2 Å². The minimum atomic E-state index is -3.67. The van der Waals surface area contributed by atoms with Gasteiger partial charge in [0.1, 0.15) is 5.76 Å². The quantitative estimate of drug-likeness (QED) is 0.892. The number of furan rings is 1. The molecule has 1 aliphatic rings. The van der Waals surface area contributed by atoms with Crippen molar-refractivity contribution in [2.75, 3.05) is 11.1 Å². The summed E-state index contributed by atoms with van der Waals surface area (Å²) < 4.78 is 32.2. The molecular formula is C14H14N2O4S2. The van der Waals surface area contributed by atoms with Gasteiger partial charge in [-0.3, -0.25) is 4.79 Å². The highest BCUT2D eigenvalue weighted by atomic mass is 32.2. The Kier molecular flexibility index (Phi) is 4.23. The molecule has 0 aliphatic carbocycles. The van der Waals surface area contributed by atoms with Gasteiger partial charge in [-0.25, -0.2) is 13.1 Å². The number of rotatable bonds is 4. The van der Waals surface area contributed by atoms with Crippen LogP contribution in [0.2, 0.25) is 0 Å². The molecule has 0 unspecified atom stereocenters. The molecule has 1 amide bonds. The van der Waals surface area contributed by atoms with Gasteiger partial charge >= 0.3 is 0 Å². The van der Waals surface area contributed by atoms with Crippen molar-refractivity contribution in [3.63, 3.8) is 0 Å². The molecule has 1 aromatic heterocycles. The fourth-order valence-electron chi connectivity index (χ4n) is 2.03. The van der Waals surface area contributed by atoms with Crippen LogP contribution in [-0.2, 0) is 21.4 Å². The van der Waals surface area contributed by atoms with Crippen molar-refractivity contribution in [2.45, 2.75) is 22.8 Å². The number of benzene rings is 1. The van der Waals surface area contributed by atoms with Crippen LogP contribution in [0, 0.1) is 0 Å². The fraction of sp³-hybridized carbons (Fsp3) is 0.214. The first-order valence-electron chi connectivity index (χ1n) is 6.63. The molecule has 2 heterocycles. The lowest BCUT2D eigenvalue weighted by Gasteiger charge is -2.10. The Labute approximate surface area is 132 Å². The summed E-state index contributed by atoms with van der Waals surface area (Å²) in [6, 6.07) is 8.12. The zero-order valence-electron chi connectivity index (χ0n) is 11.5. The van der Waals surface area contributed by atoms with Gasteiger partial charge in [-0.15, -0.1) is 11.8 Å². The molecule has 3 rings (SSSR count). The highest BCUT2D eigenvalue weighted by Gasteiger charge is 2.19. The number of carbonyl (C=O) groups excluding carboxylic acids is 1. The van der Waals surface area contributed by atoms with Crippen LogP contribution in [0.5, 0.6) is 0 Å². The molecule has 0 saturated carbocycles. The van der Waals surface area contributed by atoms with Crippen molar-refractivity contribution in [3.05, 3.63) is 42.4 Å². The van der Waals surface area contributed by atoms with Crippen LogP contribution in [0.25, 0.3) is 0 Å². The van der Waals surface area contributed by atoms with E-state index in [1.165, 1.54) is 30.2 Å². The zero-order valence-corrected chi connectivity index (χ0v) is 13.2. The van der Waals surface area contributed by atoms with Gasteiger partial charge in [-0.1, -0.05) is 0 Å². The van der Waals surface area contributed by atoms with Crippen molar-refractivity contribution >= 4 is 33.4 Å². The predicted molar refractivity (Wildman–Crippen MR) is 83.1 cm³/mol. The highest BCUT2D eigenvalue weighted by Crippen LogP contribution is 2.32. The third kappa shape index (κ3) is 3.34. The monoisotopic (exact) mass is 338 g/mol. The van der Waals surface area contributed by atoms with E-state index in [4.69, 9.17) is 4.42 Å². The third-order valence-electron chi connectivity index (χ3n) is 3.14. The van der Waals surface area contributed by atoms with Crippen molar-refractivity contribution < 1.29 is 17.6 Å². The number of anilines is 1. The summed E-state index contributed by atoms with van der Waals surface area (Å²) in [6.07, 6.45) is 1.90. The average molecular weight is 338 g/mol. The summed E-state index contributed by atoms with van der Waals surface area (Å²) >= 11 is 1.53. The number of sulfonamides is 1. The number of thioether (sulfide) groups is 1. The molecule has 1 aromatic carbocycles. The topological polar surface area (TPSA) is 88.4 Å². The van der Waals surface area contributed by atoms with Gasteiger partial charge in [0.25, 0.3) is 0 Å². The molecule has 8 heteroatoms. The summed E-state index contributed by atoms with van der Waals surface area (Å²) in [5.41, 5.74) is 0.536. The number of carbonyl (C=O) groups is 1. The second-order valence-corrected chi connectivity index (χ2v) is 7.61. The smallest absolute Gasteiger partial charge is 0.241 e. The van der Waals surface area contributed by atoms with Crippen molar-refractivity contribution in [1.82, 2.24) is 4.72 Å². The molecule has 2 N–H and O–H groups in total. The molecule has 22 heavy (non-hydrogen) atoms. The van der Waals surface area contributed by atoms with Crippen LogP contribution in [0.4, 0.5) is 5.69 Å². The average Bonchev–Trinajstić information content (AvgIpc) is 2.93. The lowest BCUT2D eigenvalue weighted by Crippen LogP contribution is -2.23. The van der Waals surface area contributed by atoms with Crippen LogP contribution in [-0.4, -0.2) is 20.1 Å². The van der Waals surface area contributed by atoms with E-state index in [0.29, 0.717) is 23.6 Å². The summed E-state index contributed by atoms with van der Waals surface area (Å²) in [4.78, 5) is 12.6. The minimum absolute atomic E-state index is 0.0769. The van der Waals surface area contributed by atoms with Crippen molar-refractivity contribution in [3.8, 4) is 0 Å². The van der Waals surface area contributed by atoms with Crippen LogP contribution >= 0.6 is 11.8 Å². The number of nitrogens with one attached hydrogen (secondary N) is 2. The Morgan fingerprint density at radius 2 is 2.18 bits per heavy atom. The SMILES string of the molecule is O=C1CCSc2ccc(S(=O)(=O)NCc3ccco3)cc2N1. The Balaban J connectivity index is 1.83. The zero-order chi connectivity index (χ0) is 15.6. The highest BCUT2D eigenvalue weighted by molar-refractivity contribution is 7.99. The maximum Gasteiger partial charge on any atom is 0.241 e. The predicted octanol–water partition coefficient (Wildman–Crippen LogP) is 2.19. The van der Waals surface area contributed by atoms with Gasteiger partial charge in [0.05, 0.1) is 23.4 Å². The second kappa shape index (κ2) is 6.15. The minimum Gasteiger partial charge on any atom is -0.468 e. The summed E-state index contributed by atoms with van der Waals surface area (Å²) in [7, 11) is -3.67. The van der Waals surface area contributed by atoms with Crippen LogP contribution in [0.1, 0.15) is 12.2 Å². The van der Waals surface area contributed by atoms with E-state index >= 15 is 0 Å². The first-order valence-corrected chi connectivity index (χ1v) is 9.10. The Bertz CT molecular complexity index is 785. The van der Waals surface area contributed by atoms with Gasteiger partial charge < -0.3 is 9.73 Å². The second-order valence-electron chi connectivity index (χ2n) is 4.71. The molecule has 6 nitrogen and oxygen atoms in total. The molecule has 2 aromatic rings. The van der Waals surface area contributed by atoms with E-state index in [1.54, 1.807) is 18.2 Å². The van der Waals surface area contributed by atoms with Gasteiger partial charge in [0.2, 0.25) is 15.9 Å². The fourth-order valence-corrected chi connectivity index (χ4v) is 3.99. The first kappa shape index (κ1) is 15.1. The number of fused-ring (bicyclic) bond motifs is 1. The molecule has 0 fully saturated rings. The van der Waals surface area contributed by atoms with Crippen molar-refractivity contribution in [2.24, 2.45) is 0 Å². The van der Waals surface area contributed by atoms with E-state index < -0.39 is 10.0 Å². The lowest BCUT2D eigenvalue weighted by atomic mass is 10.3. The number of hydrogen-bond donors (Lipinski definition) is 2. The number of hydrogen-bond acceptors (Lipinski definition) is 5. The summed E-state index contributed by atoms with van der Waals surface area (Å²) in [6.45, 7) is 0.0769. The normalized spacial score (nSPS) is 15.0.